The molecule has 0 bridgehead atoms. The van der Waals surface area contributed by atoms with Crippen molar-refractivity contribution in [2.24, 2.45) is 0 Å². The summed E-state index contributed by atoms with van der Waals surface area (Å²) in [6, 6.07) is -0.536. The fraction of sp³-hybridized carbons (Fsp3) is 0.968. The van der Waals surface area contributed by atoms with Crippen LogP contribution in [0.15, 0.2) is 0 Å². The van der Waals surface area contributed by atoms with E-state index in [1.54, 1.807) is 0 Å². The van der Waals surface area contributed by atoms with E-state index in [2.05, 4.69) is 19.2 Å². The first-order valence-electron chi connectivity index (χ1n) is 31.8. The lowest BCUT2D eigenvalue weighted by Crippen LogP contribution is -2.45. The van der Waals surface area contributed by atoms with Crippen molar-refractivity contribution in [1.82, 2.24) is 5.32 Å². The van der Waals surface area contributed by atoms with Crippen LogP contribution in [0.2, 0.25) is 0 Å². The second-order valence-electron chi connectivity index (χ2n) is 22.1. The number of hydrogen-bond acceptors (Lipinski definition) is 5. The van der Waals surface area contributed by atoms with Gasteiger partial charge in [-0.05, 0) is 25.7 Å². The molecule has 0 saturated heterocycles. The van der Waals surface area contributed by atoms with E-state index < -0.39 is 12.1 Å². The maximum atomic E-state index is 12.4. The first-order valence-corrected chi connectivity index (χ1v) is 31.8. The highest BCUT2D eigenvalue weighted by Crippen LogP contribution is 2.19. The molecule has 0 aromatic heterocycles. The van der Waals surface area contributed by atoms with Gasteiger partial charge in [0.1, 0.15) is 0 Å². The number of nitrogens with one attached hydrogen (secondary N) is 1. The van der Waals surface area contributed by atoms with E-state index in [1.165, 1.54) is 295 Å². The predicted molar refractivity (Wildman–Crippen MR) is 301 cm³/mol. The molecule has 0 aromatic carbocycles. The zero-order valence-corrected chi connectivity index (χ0v) is 47.1. The number of carbonyl (C=O) groups excluding carboxylic acids is 2. The van der Waals surface area contributed by atoms with Gasteiger partial charge in [-0.1, -0.05) is 328 Å². The number of carbonyl (C=O) groups is 2. The van der Waals surface area contributed by atoms with Crippen molar-refractivity contribution in [1.29, 1.82) is 0 Å². The SMILES string of the molecule is CCCCCCCCCCCCCCCCCCCC(=O)OCCCCCCCCCCCCCCCCCCCCCCCCCCCCC(=O)NC(CO)C(O)CCCCCCCCCCC. The van der Waals surface area contributed by atoms with Crippen LogP contribution in [-0.2, 0) is 14.3 Å². The number of amides is 1. The lowest BCUT2D eigenvalue weighted by atomic mass is 10.0. The van der Waals surface area contributed by atoms with Crippen LogP contribution in [0.25, 0.3) is 0 Å². The normalized spacial score (nSPS) is 12.5. The molecule has 6 heteroatoms. The summed E-state index contributed by atoms with van der Waals surface area (Å²) in [6.45, 7) is 4.97. The molecule has 2 unspecified atom stereocenters. The number of unbranched alkanes of at least 4 members (excludes halogenated alkanes) is 49. The largest absolute Gasteiger partial charge is 0.466 e. The highest BCUT2D eigenvalue weighted by atomic mass is 16.5. The van der Waals surface area contributed by atoms with E-state index in [0.717, 1.165) is 38.5 Å². The molecule has 0 aliphatic heterocycles. The molecule has 412 valence electrons. The minimum Gasteiger partial charge on any atom is -0.466 e. The summed E-state index contributed by atoms with van der Waals surface area (Å²) in [5.74, 6) is -0.0110. The summed E-state index contributed by atoms with van der Waals surface area (Å²) >= 11 is 0. The Balaban J connectivity index is 3.29. The highest BCUT2D eigenvalue weighted by molar-refractivity contribution is 5.76. The summed E-state index contributed by atoms with van der Waals surface area (Å²) < 4.78 is 5.50. The summed E-state index contributed by atoms with van der Waals surface area (Å²) in [7, 11) is 0. The molecule has 0 spiro atoms. The van der Waals surface area contributed by atoms with Crippen LogP contribution >= 0.6 is 0 Å². The van der Waals surface area contributed by atoms with Crippen LogP contribution in [0.4, 0.5) is 0 Å². The Morgan fingerprint density at radius 3 is 0.884 bits per heavy atom. The van der Waals surface area contributed by atoms with E-state index in [4.69, 9.17) is 4.74 Å². The molecule has 0 radical (unpaired) electrons. The first kappa shape index (κ1) is 67.9. The van der Waals surface area contributed by atoms with Crippen LogP contribution in [0.3, 0.4) is 0 Å². The molecule has 2 atom stereocenters. The number of ether oxygens (including phenoxy) is 1. The number of hydrogen-bond donors (Lipinski definition) is 3. The number of aliphatic hydroxyl groups excluding tert-OH is 2. The van der Waals surface area contributed by atoms with Gasteiger partial charge in [-0.2, -0.15) is 0 Å². The minimum absolute atomic E-state index is 0.0220. The van der Waals surface area contributed by atoms with Gasteiger partial charge in [-0.3, -0.25) is 9.59 Å². The van der Waals surface area contributed by atoms with E-state index in [0.29, 0.717) is 25.9 Å². The summed E-state index contributed by atoms with van der Waals surface area (Å²) in [6.07, 6.45) is 70.0. The maximum absolute atomic E-state index is 12.4. The molecule has 0 saturated carbocycles. The fourth-order valence-corrected chi connectivity index (χ4v) is 10.3. The van der Waals surface area contributed by atoms with Gasteiger partial charge >= 0.3 is 5.97 Å². The van der Waals surface area contributed by atoms with Gasteiger partial charge < -0.3 is 20.3 Å². The van der Waals surface area contributed by atoms with Crippen LogP contribution in [0.5, 0.6) is 0 Å². The summed E-state index contributed by atoms with van der Waals surface area (Å²) in [5, 5.41) is 23.1. The Labute approximate surface area is 432 Å². The molecule has 0 aliphatic carbocycles. The van der Waals surface area contributed by atoms with Gasteiger partial charge in [-0.15, -0.1) is 0 Å². The summed E-state index contributed by atoms with van der Waals surface area (Å²) in [4.78, 5) is 24.5. The third-order valence-electron chi connectivity index (χ3n) is 15.2. The van der Waals surface area contributed by atoms with Crippen LogP contribution < -0.4 is 5.32 Å². The summed E-state index contributed by atoms with van der Waals surface area (Å²) in [5.41, 5.74) is 0. The zero-order valence-electron chi connectivity index (χ0n) is 47.1. The third-order valence-corrected chi connectivity index (χ3v) is 15.2. The van der Waals surface area contributed by atoms with Crippen molar-refractivity contribution in [3.05, 3.63) is 0 Å². The molecule has 0 rings (SSSR count). The van der Waals surface area contributed by atoms with E-state index in [-0.39, 0.29) is 18.5 Å². The van der Waals surface area contributed by atoms with Crippen molar-refractivity contribution in [2.45, 2.75) is 379 Å². The Morgan fingerprint density at radius 2 is 0.594 bits per heavy atom. The van der Waals surface area contributed by atoms with Crippen molar-refractivity contribution in [2.75, 3.05) is 13.2 Å². The number of aliphatic hydroxyl groups is 2. The standard InChI is InChI=1S/C63H125NO5/c1-3-5-7-9-11-13-14-15-16-27-31-34-37-41-45-49-53-57-63(68)69-58-54-50-46-42-38-35-32-29-26-24-22-20-18-17-19-21-23-25-28-30-33-36-40-44-48-52-56-62(67)64-60(59-65)61(66)55-51-47-43-39-12-10-8-6-4-2/h60-61,65-66H,3-59H2,1-2H3,(H,64,67). The number of esters is 1. The van der Waals surface area contributed by atoms with Crippen LogP contribution in [-0.4, -0.2) is 47.4 Å². The fourth-order valence-electron chi connectivity index (χ4n) is 10.3. The van der Waals surface area contributed by atoms with Gasteiger partial charge in [0, 0.05) is 12.8 Å². The van der Waals surface area contributed by atoms with Crippen LogP contribution in [0.1, 0.15) is 367 Å². The van der Waals surface area contributed by atoms with Gasteiger partial charge in [0.15, 0.2) is 0 Å². The van der Waals surface area contributed by atoms with Gasteiger partial charge in [-0.25, -0.2) is 0 Å². The third kappa shape index (κ3) is 56.0. The lowest BCUT2D eigenvalue weighted by Gasteiger charge is -2.22. The molecule has 0 aliphatic rings. The zero-order chi connectivity index (χ0) is 50.0. The van der Waals surface area contributed by atoms with Gasteiger partial charge in [0.25, 0.3) is 0 Å². The second-order valence-corrected chi connectivity index (χ2v) is 22.1. The quantitative estimate of drug-likeness (QED) is 0.0417. The average Bonchev–Trinajstić information content (AvgIpc) is 3.35. The van der Waals surface area contributed by atoms with Gasteiger partial charge in [0.2, 0.25) is 5.91 Å². The molecule has 6 nitrogen and oxygen atoms in total. The Bertz CT molecular complexity index is 990. The molecular formula is C63H125NO5. The first-order chi connectivity index (χ1) is 34.0. The highest BCUT2D eigenvalue weighted by Gasteiger charge is 2.20. The lowest BCUT2D eigenvalue weighted by molar-refractivity contribution is -0.143. The van der Waals surface area contributed by atoms with Crippen molar-refractivity contribution in [3.8, 4) is 0 Å². The van der Waals surface area contributed by atoms with Crippen molar-refractivity contribution >= 4 is 11.9 Å². The smallest absolute Gasteiger partial charge is 0.305 e. The van der Waals surface area contributed by atoms with Crippen molar-refractivity contribution in [3.63, 3.8) is 0 Å². The molecule has 3 N–H and O–H groups in total. The Morgan fingerprint density at radius 1 is 0.348 bits per heavy atom. The maximum Gasteiger partial charge on any atom is 0.305 e. The van der Waals surface area contributed by atoms with E-state index >= 15 is 0 Å². The van der Waals surface area contributed by atoms with Crippen molar-refractivity contribution < 1.29 is 24.5 Å². The topological polar surface area (TPSA) is 95.9 Å². The Kier molecular flexibility index (Phi) is 58.4. The van der Waals surface area contributed by atoms with E-state index in [9.17, 15) is 19.8 Å². The monoisotopic (exact) mass is 976 g/mol. The van der Waals surface area contributed by atoms with Gasteiger partial charge in [0.05, 0.1) is 25.4 Å². The Hall–Kier alpha value is -1.14. The molecule has 0 fully saturated rings. The molecule has 69 heavy (non-hydrogen) atoms. The molecule has 0 aromatic rings. The van der Waals surface area contributed by atoms with Crippen LogP contribution in [0, 0.1) is 0 Å². The second kappa shape index (κ2) is 59.4. The average molecular weight is 977 g/mol. The molecule has 1 amide bonds. The molecular weight excluding hydrogens is 851 g/mol. The predicted octanol–water partition coefficient (Wildman–Crippen LogP) is 19.9. The number of rotatable bonds is 60. The molecule has 0 heterocycles. The minimum atomic E-state index is -0.659. The van der Waals surface area contributed by atoms with E-state index in [1.807, 2.05) is 0 Å².